The number of likely N-dealkylation sites (N-methyl/N-ethyl adjacent to an activating group) is 1. The van der Waals surface area contributed by atoms with Gasteiger partial charge in [-0.2, -0.15) is 0 Å². The molecule has 2 heterocycles. The number of carbonyl (C=O) groups excluding carboxylic acids is 3. The molecule has 0 aromatic heterocycles. The fraction of sp³-hybridized carbons (Fsp3) is 0.591. The van der Waals surface area contributed by atoms with Crippen LogP contribution >= 0.6 is 0 Å². The average molecular weight is 418 g/mol. The summed E-state index contributed by atoms with van der Waals surface area (Å²) in [5, 5.41) is 5.66. The first-order chi connectivity index (χ1) is 14.4. The van der Waals surface area contributed by atoms with E-state index in [9.17, 15) is 14.4 Å². The zero-order valence-corrected chi connectivity index (χ0v) is 17.9. The van der Waals surface area contributed by atoms with Gasteiger partial charge in [0.1, 0.15) is 18.5 Å². The van der Waals surface area contributed by atoms with Crippen molar-refractivity contribution >= 4 is 23.4 Å². The summed E-state index contributed by atoms with van der Waals surface area (Å²) in [6, 6.07) is 4.95. The second-order valence-electron chi connectivity index (χ2n) is 7.84. The summed E-state index contributed by atoms with van der Waals surface area (Å²) < 4.78 is 12.1. The first-order valence-corrected chi connectivity index (χ1v) is 10.7. The predicted octanol–water partition coefficient (Wildman–Crippen LogP) is 2.33. The second kappa shape index (κ2) is 9.93. The number of ether oxygens (including phenoxy) is 2. The summed E-state index contributed by atoms with van der Waals surface area (Å²) in [5.74, 6) is 0.169. The van der Waals surface area contributed by atoms with Crippen LogP contribution in [0.15, 0.2) is 18.2 Å². The Bertz CT molecular complexity index is 797. The smallest absolute Gasteiger partial charge is 0.257 e. The number of rotatable bonds is 6. The van der Waals surface area contributed by atoms with Crippen LogP contribution < -0.4 is 15.4 Å². The highest BCUT2D eigenvalue weighted by Gasteiger charge is 2.39. The van der Waals surface area contributed by atoms with Crippen LogP contribution in [0.5, 0.6) is 5.75 Å². The van der Waals surface area contributed by atoms with E-state index in [0.29, 0.717) is 49.4 Å². The minimum Gasteiger partial charge on any atom is -0.490 e. The lowest BCUT2D eigenvalue weighted by Crippen LogP contribution is -2.54. The molecule has 3 atom stereocenters. The van der Waals surface area contributed by atoms with Crippen molar-refractivity contribution in [2.45, 2.75) is 64.2 Å². The molecule has 30 heavy (non-hydrogen) atoms. The molecule has 2 aliphatic heterocycles. The highest BCUT2D eigenvalue weighted by Crippen LogP contribution is 2.32. The third-order valence-corrected chi connectivity index (χ3v) is 5.60. The van der Waals surface area contributed by atoms with Gasteiger partial charge in [0.25, 0.3) is 5.91 Å². The van der Waals surface area contributed by atoms with Crippen molar-refractivity contribution < 1.29 is 23.9 Å². The van der Waals surface area contributed by atoms with Gasteiger partial charge in [0.15, 0.2) is 0 Å². The van der Waals surface area contributed by atoms with Gasteiger partial charge < -0.3 is 25.0 Å². The van der Waals surface area contributed by atoms with Crippen LogP contribution in [0.1, 0.15) is 56.3 Å². The largest absolute Gasteiger partial charge is 0.490 e. The average Bonchev–Trinajstić information content (AvgIpc) is 2.75. The SMILES string of the molecule is CCCNC(=O)C[C@@H]1CC[C@H]2[C@H](COc3ccc(NC(=O)CC)cc3C(=O)N2C)O1. The van der Waals surface area contributed by atoms with Crippen molar-refractivity contribution in [1.29, 1.82) is 0 Å². The van der Waals surface area contributed by atoms with Crippen molar-refractivity contribution in [3.63, 3.8) is 0 Å². The highest BCUT2D eigenvalue weighted by molar-refractivity contribution is 5.99. The van der Waals surface area contributed by atoms with E-state index in [0.717, 1.165) is 12.8 Å². The molecule has 0 saturated carbocycles. The minimum absolute atomic E-state index is 0.0107. The number of nitrogens with one attached hydrogen (secondary N) is 2. The Morgan fingerprint density at radius 3 is 2.73 bits per heavy atom. The van der Waals surface area contributed by atoms with Crippen LogP contribution in [0, 0.1) is 0 Å². The molecule has 0 aliphatic carbocycles. The van der Waals surface area contributed by atoms with Gasteiger partial charge in [0, 0.05) is 25.7 Å². The molecule has 164 valence electrons. The molecule has 3 amide bonds. The Balaban J connectivity index is 1.72. The molecular formula is C22H31N3O5. The van der Waals surface area contributed by atoms with Gasteiger partial charge in [-0.25, -0.2) is 0 Å². The van der Waals surface area contributed by atoms with Crippen molar-refractivity contribution in [3.05, 3.63) is 23.8 Å². The molecule has 1 aromatic carbocycles. The summed E-state index contributed by atoms with van der Waals surface area (Å²) in [5.41, 5.74) is 0.993. The van der Waals surface area contributed by atoms with Gasteiger partial charge in [-0.3, -0.25) is 14.4 Å². The van der Waals surface area contributed by atoms with Crippen LogP contribution in [0.4, 0.5) is 5.69 Å². The Labute approximate surface area is 177 Å². The van der Waals surface area contributed by atoms with E-state index in [2.05, 4.69) is 10.6 Å². The molecule has 1 aromatic rings. The highest BCUT2D eigenvalue weighted by atomic mass is 16.5. The van der Waals surface area contributed by atoms with Crippen LogP contribution in [-0.4, -0.2) is 61.1 Å². The quantitative estimate of drug-likeness (QED) is 0.741. The number of anilines is 1. The number of amides is 3. The number of carbonyl (C=O) groups is 3. The predicted molar refractivity (Wildman–Crippen MR) is 113 cm³/mol. The molecule has 8 nitrogen and oxygen atoms in total. The van der Waals surface area contributed by atoms with Gasteiger partial charge in [-0.15, -0.1) is 0 Å². The van der Waals surface area contributed by atoms with Gasteiger partial charge >= 0.3 is 0 Å². The molecule has 0 bridgehead atoms. The molecule has 1 saturated heterocycles. The van der Waals surface area contributed by atoms with Crippen molar-refractivity contribution in [3.8, 4) is 5.75 Å². The first kappa shape index (κ1) is 22.1. The summed E-state index contributed by atoms with van der Waals surface area (Å²) in [7, 11) is 1.77. The monoisotopic (exact) mass is 417 g/mol. The van der Waals surface area contributed by atoms with E-state index in [-0.39, 0.29) is 36.0 Å². The van der Waals surface area contributed by atoms with Crippen LogP contribution in [0.3, 0.4) is 0 Å². The van der Waals surface area contributed by atoms with Crippen LogP contribution in [0.2, 0.25) is 0 Å². The Hall–Kier alpha value is -2.61. The topological polar surface area (TPSA) is 97.0 Å². The zero-order chi connectivity index (χ0) is 21.7. The van der Waals surface area contributed by atoms with Gasteiger partial charge in [-0.05, 0) is 37.5 Å². The maximum Gasteiger partial charge on any atom is 0.257 e. The lowest BCUT2D eigenvalue weighted by Gasteiger charge is -2.42. The molecule has 0 radical (unpaired) electrons. The summed E-state index contributed by atoms with van der Waals surface area (Å²) in [4.78, 5) is 38.6. The molecular weight excluding hydrogens is 386 g/mol. The van der Waals surface area contributed by atoms with E-state index in [4.69, 9.17) is 9.47 Å². The van der Waals surface area contributed by atoms with Crippen molar-refractivity contribution in [1.82, 2.24) is 10.2 Å². The molecule has 0 spiro atoms. The molecule has 0 unspecified atom stereocenters. The van der Waals surface area contributed by atoms with Crippen LogP contribution in [-0.2, 0) is 14.3 Å². The maximum atomic E-state index is 13.1. The third kappa shape index (κ3) is 5.11. The lowest BCUT2D eigenvalue weighted by molar-refractivity contribution is -0.134. The van der Waals surface area contributed by atoms with E-state index >= 15 is 0 Å². The van der Waals surface area contributed by atoms with E-state index in [1.807, 2.05) is 6.92 Å². The molecule has 3 rings (SSSR count). The molecule has 1 fully saturated rings. The molecule has 8 heteroatoms. The Morgan fingerprint density at radius 1 is 1.20 bits per heavy atom. The van der Waals surface area contributed by atoms with E-state index in [1.54, 1.807) is 37.1 Å². The fourth-order valence-corrected chi connectivity index (χ4v) is 3.90. The lowest BCUT2D eigenvalue weighted by atomic mass is 9.94. The summed E-state index contributed by atoms with van der Waals surface area (Å²) >= 11 is 0. The second-order valence-corrected chi connectivity index (χ2v) is 7.84. The fourth-order valence-electron chi connectivity index (χ4n) is 3.90. The third-order valence-electron chi connectivity index (χ3n) is 5.60. The number of hydrogen-bond donors (Lipinski definition) is 2. The standard InChI is InChI=1S/C22H31N3O5/c1-4-10-23-21(27)12-15-7-8-17-19(30-15)13-29-18-9-6-14(24-20(26)5-2)11-16(18)22(28)25(17)3/h6,9,11,15,17,19H,4-5,7-8,10,12-13H2,1-3H3,(H,23,27)(H,24,26)/t15-,17-,19-/m0/s1. The van der Waals surface area contributed by atoms with Crippen molar-refractivity contribution in [2.75, 3.05) is 25.5 Å². The van der Waals surface area contributed by atoms with Gasteiger partial charge in [-0.1, -0.05) is 13.8 Å². The van der Waals surface area contributed by atoms with Crippen molar-refractivity contribution in [2.24, 2.45) is 0 Å². The van der Waals surface area contributed by atoms with Crippen LogP contribution in [0.25, 0.3) is 0 Å². The van der Waals surface area contributed by atoms with Gasteiger partial charge in [0.05, 0.1) is 24.1 Å². The first-order valence-electron chi connectivity index (χ1n) is 10.7. The zero-order valence-electron chi connectivity index (χ0n) is 17.9. The number of fused-ring (bicyclic) bond motifs is 2. The number of hydrogen-bond acceptors (Lipinski definition) is 5. The normalized spacial score (nSPS) is 23.4. The Kier molecular flexibility index (Phi) is 7.31. The minimum atomic E-state index is -0.302. The van der Waals surface area contributed by atoms with Gasteiger partial charge in [0.2, 0.25) is 11.8 Å². The maximum absolute atomic E-state index is 13.1. The van der Waals surface area contributed by atoms with E-state index < -0.39 is 0 Å². The molecule has 2 aliphatic rings. The molecule has 2 N–H and O–H groups in total. The Morgan fingerprint density at radius 2 is 2.00 bits per heavy atom. The summed E-state index contributed by atoms with van der Waals surface area (Å²) in [6.45, 7) is 4.74. The summed E-state index contributed by atoms with van der Waals surface area (Å²) in [6.07, 6.45) is 2.54. The number of nitrogens with zero attached hydrogens (tertiary/aromatic N) is 1. The number of benzene rings is 1. The van der Waals surface area contributed by atoms with E-state index in [1.165, 1.54) is 0 Å².